The summed E-state index contributed by atoms with van der Waals surface area (Å²) in [4.78, 5) is 25.4. The maximum Gasteiger partial charge on any atom is 0.335 e. The summed E-state index contributed by atoms with van der Waals surface area (Å²) in [5.41, 5.74) is 8.85. The molecule has 1 unspecified atom stereocenters. The Hall–Kier alpha value is -2.82. The Bertz CT molecular complexity index is 765. The molecule has 0 radical (unpaired) electrons. The smallest absolute Gasteiger partial charge is 0.335 e. The average Bonchev–Trinajstić information content (AvgIpc) is 3.14. The Kier molecular flexibility index (Phi) is 5.03. The van der Waals surface area contributed by atoms with Crippen molar-refractivity contribution in [3.8, 4) is 0 Å². The number of hydrogen-bond donors (Lipinski definition) is 2. The van der Waals surface area contributed by atoms with Crippen LogP contribution in [-0.2, 0) is 11.2 Å². The van der Waals surface area contributed by atoms with E-state index in [9.17, 15) is 9.59 Å². The lowest BCUT2D eigenvalue weighted by molar-refractivity contribution is -0.119. The van der Waals surface area contributed by atoms with Gasteiger partial charge in [0.25, 0.3) is 0 Å². The molecule has 3 N–H and O–H groups in total. The molecule has 3 rings (SSSR count). The first-order valence-electron chi connectivity index (χ1n) is 8.51. The maximum absolute atomic E-state index is 12.0. The van der Waals surface area contributed by atoms with Gasteiger partial charge in [-0.15, -0.1) is 0 Å². The molecule has 1 heterocycles. The first-order valence-corrected chi connectivity index (χ1v) is 8.51. The zero-order valence-electron chi connectivity index (χ0n) is 14.0. The molecule has 5 heteroatoms. The van der Waals surface area contributed by atoms with E-state index in [1.807, 2.05) is 18.2 Å². The lowest BCUT2D eigenvalue weighted by atomic mass is 9.90. The fraction of sp³-hybridized carbons (Fsp3) is 0.300. The second-order valence-electron chi connectivity index (χ2n) is 6.41. The van der Waals surface area contributed by atoms with Crippen molar-refractivity contribution in [1.29, 1.82) is 0 Å². The topological polar surface area (TPSA) is 83.6 Å². The number of carbonyl (C=O) groups excluding carboxylic acids is 1. The molecule has 1 saturated heterocycles. The van der Waals surface area contributed by atoms with E-state index in [0.717, 1.165) is 29.9 Å². The summed E-state index contributed by atoms with van der Waals surface area (Å²) in [5.74, 6) is -1.87. The summed E-state index contributed by atoms with van der Waals surface area (Å²) in [7, 11) is 0. The monoisotopic (exact) mass is 338 g/mol. The van der Waals surface area contributed by atoms with Crippen LogP contribution in [0.5, 0.6) is 0 Å². The second kappa shape index (κ2) is 7.38. The number of carbonyl (C=O) groups is 2. The minimum Gasteiger partial charge on any atom is -0.478 e. The van der Waals surface area contributed by atoms with Crippen LogP contribution >= 0.6 is 0 Å². The molecule has 2 aromatic carbocycles. The number of aromatic carboxylic acids is 1. The van der Waals surface area contributed by atoms with Gasteiger partial charge in [-0.25, -0.2) is 4.79 Å². The molecule has 5 nitrogen and oxygen atoms in total. The first kappa shape index (κ1) is 17.0. The van der Waals surface area contributed by atoms with Gasteiger partial charge >= 0.3 is 5.97 Å². The van der Waals surface area contributed by atoms with Crippen LogP contribution in [0.15, 0.2) is 48.5 Å². The molecule has 0 bridgehead atoms. The maximum atomic E-state index is 12.0. The molecule has 1 amide bonds. The highest BCUT2D eigenvalue weighted by Crippen LogP contribution is 2.29. The third-order valence-electron chi connectivity index (χ3n) is 4.77. The van der Waals surface area contributed by atoms with Crippen molar-refractivity contribution in [3.05, 3.63) is 65.2 Å². The van der Waals surface area contributed by atoms with E-state index in [1.165, 1.54) is 25.0 Å². The van der Waals surface area contributed by atoms with Crippen molar-refractivity contribution in [1.82, 2.24) is 0 Å². The summed E-state index contributed by atoms with van der Waals surface area (Å²) in [6.45, 7) is 2.07. The predicted molar refractivity (Wildman–Crippen MR) is 96.9 cm³/mol. The van der Waals surface area contributed by atoms with Crippen LogP contribution in [0.25, 0.3) is 0 Å². The summed E-state index contributed by atoms with van der Waals surface area (Å²) in [6, 6.07) is 14.5. The third kappa shape index (κ3) is 3.82. The van der Waals surface area contributed by atoms with Gasteiger partial charge in [-0.2, -0.15) is 0 Å². The van der Waals surface area contributed by atoms with E-state index in [-0.39, 0.29) is 5.56 Å². The van der Waals surface area contributed by atoms with Gasteiger partial charge < -0.3 is 15.7 Å². The van der Waals surface area contributed by atoms with E-state index in [2.05, 4.69) is 11.0 Å². The second-order valence-corrected chi connectivity index (χ2v) is 6.41. The molecule has 1 atom stereocenters. The average molecular weight is 338 g/mol. The summed E-state index contributed by atoms with van der Waals surface area (Å²) in [5, 5.41) is 9.02. The lowest BCUT2D eigenvalue weighted by Crippen LogP contribution is -2.25. The van der Waals surface area contributed by atoms with Crippen molar-refractivity contribution in [2.24, 2.45) is 5.73 Å². The molecule has 0 spiro atoms. The van der Waals surface area contributed by atoms with Crippen molar-refractivity contribution in [2.45, 2.75) is 25.2 Å². The number of nitrogens with two attached hydrogens (primary N) is 1. The third-order valence-corrected chi connectivity index (χ3v) is 4.77. The molecule has 1 fully saturated rings. The minimum atomic E-state index is -0.985. The Morgan fingerprint density at radius 3 is 2.28 bits per heavy atom. The van der Waals surface area contributed by atoms with Crippen molar-refractivity contribution >= 4 is 17.6 Å². The van der Waals surface area contributed by atoms with E-state index in [0.29, 0.717) is 6.42 Å². The SMILES string of the molecule is NC(=O)C(Cc1ccccc1N1CCCC1)c1ccc(C(=O)O)cc1. The van der Waals surface area contributed by atoms with Gasteiger partial charge in [-0.05, 0) is 48.6 Å². The quantitative estimate of drug-likeness (QED) is 0.848. The predicted octanol–water partition coefficient (Wildman–Crippen LogP) is 2.80. The van der Waals surface area contributed by atoms with Gasteiger partial charge in [-0.3, -0.25) is 4.79 Å². The van der Waals surface area contributed by atoms with E-state index < -0.39 is 17.8 Å². The number of para-hydroxylation sites is 1. The summed E-state index contributed by atoms with van der Waals surface area (Å²) < 4.78 is 0. The number of amides is 1. The largest absolute Gasteiger partial charge is 0.478 e. The fourth-order valence-corrected chi connectivity index (χ4v) is 3.41. The Morgan fingerprint density at radius 2 is 1.68 bits per heavy atom. The number of nitrogens with zero attached hydrogens (tertiary/aromatic N) is 1. The Balaban J connectivity index is 1.88. The zero-order valence-corrected chi connectivity index (χ0v) is 14.0. The molecule has 130 valence electrons. The first-order chi connectivity index (χ1) is 12.1. The van der Waals surface area contributed by atoms with E-state index in [1.54, 1.807) is 12.1 Å². The molecule has 1 aliphatic heterocycles. The summed E-state index contributed by atoms with van der Waals surface area (Å²) >= 11 is 0. The fourth-order valence-electron chi connectivity index (χ4n) is 3.41. The highest BCUT2D eigenvalue weighted by atomic mass is 16.4. The zero-order chi connectivity index (χ0) is 17.8. The number of carboxylic acid groups (broad SMARTS) is 1. The van der Waals surface area contributed by atoms with Gasteiger partial charge in [0.15, 0.2) is 0 Å². The van der Waals surface area contributed by atoms with Crippen LogP contribution in [-0.4, -0.2) is 30.1 Å². The van der Waals surface area contributed by atoms with Crippen LogP contribution in [0.1, 0.15) is 40.2 Å². The molecule has 0 aliphatic carbocycles. The van der Waals surface area contributed by atoms with E-state index in [4.69, 9.17) is 10.8 Å². The van der Waals surface area contributed by atoms with Gasteiger partial charge in [-0.1, -0.05) is 30.3 Å². The van der Waals surface area contributed by atoms with Crippen LogP contribution < -0.4 is 10.6 Å². The van der Waals surface area contributed by atoms with Gasteiger partial charge in [0.05, 0.1) is 11.5 Å². The molecular weight excluding hydrogens is 316 g/mol. The standard InChI is InChI=1S/C20H22N2O3/c21-19(23)17(14-7-9-15(10-8-14)20(24)25)13-16-5-1-2-6-18(16)22-11-3-4-12-22/h1-2,5-10,17H,3-4,11-13H2,(H2,21,23)(H,24,25). The molecule has 1 aliphatic rings. The Labute approximate surface area is 147 Å². The number of anilines is 1. The van der Waals surface area contributed by atoms with Crippen molar-refractivity contribution < 1.29 is 14.7 Å². The molecule has 2 aromatic rings. The van der Waals surface area contributed by atoms with Crippen molar-refractivity contribution in [2.75, 3.05) is 18.0 Å². The highest BCUT2D eigenvalue weighted by molar-refractivity contribution is 5.88. The number of benzene rings is 2. The molecule has 0 saturated carbocycles. The number of rotatable bonds is 6. The van der Waals surface area contributed by atoms with Crippen LogP contribution in [0.4, 0.5) is 5.69 Å². The van der Waals surface area contributed by atoms with Crippen LogP contribution in [0.3, 0.4) is 0 Å². The van der Waals surface area contributed by atoms with E-state index >= 15 is 0 Å². The van der Waals surface area contributed by atoms with Gasteiger partial charge in [0.1, 0.15) is 0 Å². The molecular formula is C20H22N2O3. The highest BCUT2D eigenvalue weighted by Gasteiger charge is 2.22. The number of carboxylic acids is 1. The van der Waals surface area contributed by atoms with Crippen LogP contribution in [0, 0.1) is 0 Å². The number of hydrogen-bond acceptors (Lipinski definition) is 3. The lowest BCUT2D eigenvalue weighted by Gasteiger charge is -2.23. The molecule has 25 heavy (non-hydrogen) atoms. The minimum absolute atomic E-state index is 0.199. The Morgan fingerprint density at radius 1 is 1.04 bits per heavy atom. The normalized spacial score (nSPS) is 15.1. The molecule has 0 aromatic heterocycles. The number of primary amides is 1. The summed E-state index contributed by atoms with van der Waals surface area (Å²) in [6.07, 6.45) is 2.88. The van der Waals surface area contributed by atoms with Gasteiger partial charge in [0, 0.05) is 18.8 Å². The van der Waals surface area contributed by atoms with Crippen LogP contribution in [0.2, 0.25) is 0 Å². The van der Waals surface area contributed by atoms with Crippen molar-refractivity contribution in [3.63, 3.8) is 0 Å². The van der Waals surface area contributed by atoms with Gasteiger partial charge in [0.2, 0.25) is 5.91 Å².